The third-order valence-electron chi connectivity index (χ3n) is 4.34. The molecule has 2 aromatic rings. The van der Waals surface area contributed by atoms with Gasteiger partial charge in [0.25, 0.3) is 5.56 Å². The lowest BCUT2D eigenvalue weighted by Crippen LogP contribution is -2.52. The molecule has 0 aliphatic carbocycles. The van der Waals surface area contributed by atoms with Crippen LogP contribution in [0.3, 0.4) is 0 Å². The van der Waals surface area contributed by atoms with E-state index in [4.69, 9.17) is 22.4 Å². The maximum absolute atomic E-state index is 13.0. The van der Waals surface area contributed by atoms with Crippen LogP contribution < -0.4 is 21.6 Å². The molecule has 0 bridgehead atoms. The Morgan fingerprint density at radius 2 is 2.12 bits per heavy atom. The lowest BCUT2D eigenvalue weighted by molar-refractivity contribution is 0.186. The highest BCUT2D eigenvalue weighted by Crippen LogP contribution is 2.20. The fraction of sp³-hybridized carbons (Fsp3) is 0.438. The molecule has 2 heterocycles. The zero-order valence-corrected chi connectivity index (χ0v) is 14.4. The molecule has 1 amide bonds. The summed E-state index contributed by atoms with van der Waals surface area (Å²) in [6.07, 6.45) is 0.659. The minimum atomic E-state index is -1.03. The van der Waals surface area contributed by atoms with Crippen LogP contribution in [0.2, 0.25) is 5.02 Å². The molecule has 9 heteroatoms. The Hall–Kier alpha value is -2.32. The highest BCUT2D eigenvalue weighted by Gasteiger charge is 2.24. The lowest BCUT2D eigenvalue weighted by Gasteiger charge is -2.35. The van der Waals surface area contributed by atoms with Gasteiger partial charge < -0.3 is 21.2 Å². The summed E-state index contributed by atoms with van der Waals surface area (Å²) >= 11 is 6.21. The van der Waals surface area contributed by atoms with E-state index in [0.29, 0.717) is 60.6 Å². The number of aromatic nitrogens is 2. The molecule has 0 atom stereocenters. The largest absolute Gasteiger partial charge is 0.465 e. The second-order valence-corrected chi connectivity index (χ2v) is 6.40. The van der Waals surface area contributed by atoms with E-state index in [1.54, 1.807) is 22.9 Å². The Labute approximate surface area is 149 Å². The third-order valence-corrected chi connectivity index (χ3v) is 4.66. The maximum Gasteiger partial charge on any atom is 0.404 e. The van der Waals surface area contributed by atoms with E-state index < -0.39 is 6.09 Å². The predicted molar refractivity (Wildman–Crippen MR) is 95.9 cm³/mol. The Morgan fingerprint density at radius 1 is 1.40 bits per heavy atom. The van der Waals surface area contributed by atoms with Gasteiger partial charge in [0.2, 0.25) is 0 Å². The molecule has 134 valence electrons. The molecule has 25 heavy (non-hydrogen) atoms. The number of nitrogens with one attached hydrogen (secondary N) is 1. The van der Waals surface area contributed by atoms with Crippen molar-refractivity contribution in [3.63, 3.8) is 0 Å². The number of carboxylic acid groups (broad SMARTS) is 1. The highest BCUT2D eigenvalue weighted by atomic mass is 35.5. The van der Waals surface area contributed by atoms with Crippen molar-refractivity contribution in [3.05, 3.63) is 39.4 Å². The molecule has 1 fully saturated rings. The lowest BCUT2D eigenvalue weighted by atomic mass is 10.1. The molecule has 0 spiro atoms. The average Bonchev–Trinajstić information content (AvgIpc) is 2.56. The first-order valence-corrected chi connectivity index (χ1v) is 8.54. The highest BCUT2D eigenvalue weighted by molar-refractivity contribution is 6.35. The average molecular weight is 366 g/mol. The molecule has 0 unspecified atom stereocenters. The first-order valence-electron chi connectivity index (χ1n) is 8.16. The summed E-state index contributed by atoms with van der Waals surface area (Å²) in [6.45, 7) is 1.45. The van der Waals surface area contributed by atoms with Gasteiger partial charge in [0.05, 0.1) is 15.9 Å². The fourth-order valence-electron chi connectivity index (χ4n) is 3.19. The second kappa shape index (κ2) is 7.28. The summed E-state index contributed by atoms with van der Waals surface area (Å²) in [6, 6.07) is 5.08. The van der Waals surface area contributed by atoms with Crippen LogP contribution in [0.4, 0.5) is 4.79 Å². The first-order chi connectivity index (χ1) is 12.0. The topological polar surface area (TPSA) is 113 Å². The minimum absolute atomic E-state index is 0.112. The Kier molecular flexibility index (Phi) is 5.10. The van der Waals surface area contributed by atoms with Crippen LogP contribution in [-0.2, 0) is 6.42 Å². The van der Waals surface area contributed by atoms with Gasteiger partial charge in [-0.25, -0.2) is 14.5 Å². The number of nitrogens with zero attached hydrogens (tertiary/aromatic N) is 3. The number of benzene rings is 1. The normalized spacial score (nSPS) is 15.5. The smallest absolute Gasteiger partial charge is 0.404 e. The zero-order valence-electron chi connectivity index (χ0n) is 13.6. The van der Waals surface area contributed by atoms with E-state index in [2.05, 4.69) is 10.3 Å². The third kappa shape index (κ3) is 3.54. The summed E-state index contributed by atoms with van der Waals surface area (Å²) in [7, 11) is 0. The number of amides is 1. The van der Waals surface area contributed by atoms with Gasteiger partial charge in [0, 0.05) is 25.6 Å². The fourth-order valence-corrected chi connectivity index (χ4v) is 3.44. The van der Waals surface area contributed by atoms with Crippen molar-refractivity contribution in [1.29, 1.82) is 0 Å². The number of carbonyl (C=O) groups is 1. The van der Waals surface area contributed by atoms with Crippen molar-refractivity contribution < 1.29 is 9.90 Å². The van der Waals surface area contributed by atoms with Gasteiger partial charge in [-0.1, -0.05) is 17.7 Å². The Morgan fingerprint density at radius 3 is 2.76 bits per heavy atom. The van der Waals surface area contributed by atoms with Gasteiger partial charge in [-0.15, -0.1) is 0 Å². The summed E-state index contributed by atoms with van der Waals surface area (Å²) in [5, 5.41) is 14.0. The van der Waals surface area contributed by atoms with Gasteiger partial charge in [-0.05, 0) is 31.5 Å². The van der Waals surface area contributed by atoms with Crippen LogP contribution in [0.5, 0.6) is 0 Å². The van der Waals surface area contributed by atoms with Crippen molar-refractivity contribution in [2.24, 2.45) is 5.73 Å². The van der Waals surface area contributed by atoms with Crippen molar-refractivity contribution >= 4 is 28.6 Å². The van der Waals surface area contributed by atoms with Crippen LogP contribution in [-0.4, -0.2) is 46.5 Å². The molecule has 1 aromatic carbocycles. The van der Waals surface area contributed by atoms with Gasteiger partial charge in [-0.2, -0.15) is 0 Å². The second-order valence-electron chi connectivity index (χ2n) is 6.00. The molecule has 4 N–H and O–H groups in total. The molecule has 8 nitrogen and oxygen atoms in total. The summed E-state index contributed by atoms with van der Waals surface area (Å²) in [5.74, 6) is 0.590. The summed E-state index contributed by atoms with van der Waals surface area (Å²) in [5.41, 5.74) is 6.02. The quantitative estimate of drug-likeness (QED) is 0.742. The van der Waals surface area contributed by atoms with E-state index in [1.807, 2.05) is 5.01 Å². The number of halogens is 1. The van der Waals surface area contributed by atoms with Crippen LogP contribution in [0.25, 0.3) is 10.9 Å². The number of piperidine rings is 1. The zero-order chi connectivity index (χ0) is 18.0. The van der Waals surface area contributed by atoms with E-state index in [0.717, 1.165) is 0 Å². The molecule has 1 aromatic heterocycles. The van der Waals surface area contributed by atoms with Gasteiger partial charge in [0.1, 0.15) is 5.82 Å². The number of nitrogens with two attached hydrogens (primary N) is 1. The van der Waals surface area contributed by atoms with E-state index in [9.17, 15) is 9.59 Å². The minimum Gasteiger partial charge on any atom is -0.465 e. The number of fused-ring (bicyclic) bond motifs is 1. The van der Waals surface area contributed by atoms with Crippen molar-refractivity contribution in [1.82, 2.24) is 15.0 Å². The molecular formula is C16H20ClN5O3. The standard InChI is InChI=1S/C16H20ClN5O3/c17-11-2-1-3-12-14(11)15(23)22(13(20-12)4-7-18)21-8-5-10(6-9-21)19-16(24)25/h1-3,10,19H,4-9,18H2,(H,24,25). The van der Waals surface area contributed by atoms with Gasteiger partial charge in [0.15, 0.2) is 0 Å². The Bertz CT molecular complexity index is 846. The predicted octanol–water partition coefficient (Wildman–Crippen LogP) is 0.919. The molecule has 1 aliphatic rings. The van der Waals surface area contributed by atoms with E-state index >= 15 is 0 Å². The Balaban J connectivity index is 1.99. The molecule has 3 rings (SSSR count). The van der Waals surface area contributed by atoms with Gasteiger partial charge >= 0.3 is 6.09 Å². The van der Waals surface area contributed by atoms with Gasteiger partial charge in [-0.3, -0.25) is 4.79 Å². The van der Waals surface area contributed by atoms with Crippen LogP contribution in [0.1, 0.15) is 18.7 Å². The van der Waals surface area contributed by atoms with Crippen LogP contribution >= 0.6 is 11.6 Å². The van der Waals surface area contributed by atoms with E-state index in [1.165, 1.54) is 0 Å². The monoisotopic (exact) mass is 365 g/mol. The maximum atomic E-state index is 13.0. The number of hydrogen-bond donors (Lipinski definition) is 3. The van der Waals surface area contributed by atoms with E-state index in [-0.39, 0.29) is 11.6 Å². The SMILES string of the molecule is NCCc1nc2cccc(Cl)c2c(=O)n1N1CCC(NC(=O)O)CC1. The van der Waals surface area contributed by atoms with Crippen LogP contribution in [0.15, 0.2) is 23.0 Å². The number of rotatable bonds is 4. The molecule has 0 radical (unpaired) electrons. The van der Waals surface area contributed by atoms with Crippen LogP contribution in [0, 0.1) is 0 Å². The number of hydrogen-bond acceptors (Lipinski definition) is 5. The van der Waals surface area contributed by atoms with Crippen molar-refractivity contribution in [2.75, 3.05) is 24.6 Å². The summed E-state index contributed by atoms with van der Waals surface area (Å²) in [4.78, 5) is 28.4. The molecule has 0 saturated carbocycles. The first kappa shape index (κ1) is 17.5. The molecular weight excluding hydrogens is 346 g/mol. The molecule has 1 aliphatic heterocycles. The molecule has 1 saturated heterocycles. The summed E-state index contributed by atoms with van der Waals surface area (Å²) < 4.78 is 1.55. The van der Waals surface area contributed by atoms with Crippen molar-refractivity contribution in [3.8, 4) is 0 Å². The van der Waals surface area contributed by atoms with Crippen molar-refractivity contribution in [2.45, 2.75) is 25.3 Å².